The number of amides is 1. The predicted octanol–water partition coefficient (Wildman–Crippen LogP) is 1.35. The predicted molar refractivity (Wildman–Crippen MR) is 69.9 cm³/mol. The third-order valence-electron chi connectivity index (χ3n) is 3.31. The number of carbonyl (C=O) groups is 1. The Balaban J connectivity index is 1.89. The van der Waals surface area contributed by atoms with Gasteiger partial charge in [-0.05, 0) is 5.56 Å². The molecule has 1 amide bonds. The van der Waals surface area contributed by atoms with Crippen LogP contribution in [-0.4, -0.2) is 54.7 Å². The van der Waals surface area contributed by atoms with Gasteiger partial charge in [-0.1, -0.05) is 30.3 Å². The maximum atomic E-state index is 13.6. The van der Waals surface area contributed by atoms with Crippen LogP contribution in [0.1, 0.15) is 5.56 Å². The highest BCUT2D eigenvalue weighted by Gasteiger charge is 2.38. The molecular formula is C14H18FNO4. The van der Waals surface area contributed by atoms with Crippen LogP contribution in [0.4, 0.5) is 9.18 Å². The lowest BCUT2D eigenvalue weighted by Crippen LogP contribution is -2.56. The average molecular weight is 283 g/mol. The maximum absolute atomic E-state index is 13.6. The van der Waals surface area contributed by atoms with Crippen LogP contribution >= 0.6 is 0 Å². The Kier molecular flexibility index (Phi) is 4.92. The smallest absolute Gasteiger partial charge is 0.410 e. The zero-order valence-corrected chi connectivity index (χ0v) is 11.2. The highest BCUT2D eigenvalue weighted by molar-refractivity contribution is 5.68. The fourth-order valence-corrected chi connectivity index (χ4v) is 2.12. The number of ether oxygens (including phenoxy) is 2. The van der Waals surface area contributed by atoms with Crippen molar-refractivity contribution in [1.29, 1.82) is 0 Å². The van der Waals surface area contributed by atoms with Gasteiger partial charge in [0.25, 0.3) is 0 Å². The molecule has 0 spiro atoms. The second kappa shape index (κ2) is 6.67. The number of aliphatic hydroxyl groups is 1. The number of piperidine rings is 1. The Morgan fingerprint density at radius 1 is 1.40 bits per heavy atom. The molecule has 110 valence electrons. The van der Waals surface area contributed by atoms with Gasteiger partial charge in [0.2, 0.25) is 0 Å². The van der Waals surface area contributed by atoms with Gasteiger partial charge in [-0.2, -0.15) is 0 Å². The van der Waals surface area contributed by atoms with Gasteiger partial charge in [-0.15, -0.1) is 0 Å². The van der Waals surface area contributed by atoms with E-state index in [0.717, 1.165) is 5.56 Å². The lowest BCUT2D eigenvalue weighted by molar-refractivity contribution is -0.0950. The minimum atomic E-state index is -1.53. The van der Waals surface area contributed by atoms with Crippen LogP contribution in [0.25, 0.3) is 0 Å². The lowest BCUT2D eigenvalue weighted by atomic mass is 10.0. The fourth-order valence-electron chi connectivity index (χ4n) is 2.12. The SMILES string of the molecule is CO[C@H]1CN(C(=O)OCc2ccccc2)C[C@@H](F)[C@H]1O. The molecule has 1 aromatic carbocycles. The van der Waals surface area contributed by atoms with Crippen molar-refractivity contribution >= 4 is 6.09 Å². The number of hydrogen-bond donors (Lipinski definition) is 1. The van der Waals surface area contributed by atoms with Gasteiger partial charge in [-0.25, -0.2) is 9.18 Å². The van der Waals surface area contributed by atoms with Gasteiger partial charge >= 0.3 is 6.09 Å². The summed E-state index contributed by atoms with van der Waals surface area (Å²) in [5.74, 6) is 0. The van der Waals surface area contributed by atoms with Gasteiger partial charge in [-0.3, -0.25) is 0 Å². The monoisotopic (exact) mass is 283 g/mol. The molecule has 20 heavy (non-hydrogen) atoms. The Bertz CT molecular complexity index is 442. The van der Waals surface area contributed by atoms with Crippen molar-refractivity contribution in [2.24, 2.45) is 0 Å². The van der Waals surface area contributed by atoms with Gasteiger partial charge in [0.1, 0.15) is 25.0 Å². The van der Waals surface area contributed by atoms with E-state index in [1.807, 2.05) is 30.3 Å². The molecule has 1 aliphatic heterocycles. The molecule has 0 bridgehead atoms. The first kappa shape index (κ1) is 14.7. The number of methoxy groups -OCH3 is 1. The number of nitrogens with zero attached hydrogens (tertiary/aromatic N) is 1. The zero-order valence-electron chi connectivity index (χ0n) is 11.2. The molecule has 1 saturated heterocycles. The highest BCUT2D eigenvalue weighted by atomic mass is 19.1. The molecule has 1 aliphatic rings. The van der Waals surface area contributed by atoms with Crippen LogP contribution in [0.15, 0.2) is 30.3 Å². The van der Waals surface area contributed by atoms with Crippen molar-refractivity contribution in [3.05, 3.63) is 35.9 Å². The van der Waals surface area contributed by atoms with E-state index >= 15 is 0 Å². The van der Waals surface area contributed by atoms with Crippen LogP contribution in [0.3, 0.4) is 0 Å². The summed E-state index contributed by atoms with van der Waals surface area (Å²) < 4.78 is 23.7. The third-order valence-corrected chi connectivity index (χ3v) is 3.31. The second-order valence-corrected chi connectivity index (χ2v) is 4.73. The van der Waals surface area contributed by atoms with Crippen molar-refractivity contribution in [1.82, 2.24) is 4.90 Å². The third kappa shape index (κ3) is 3.46. The highest BCUT2D eigenvalue weighted by Crippen LogP contribution is 2.18. The molecule has 3 atom stereocenters. The molecule has 0 aromatic heterocycles. The number of rotatable bonds is 3. The van der Waals surface area contributed by atoms with Gasteiger partial charge in [0.05, 0.1) is 13.1 Å². The van der Waals surface area contributed by atoms with E-state index in [1.54, 1.807) is 0 Å². The Labute approximate surface area is 116 Å². The first-order chi connectivity index (χ1) is 9.61. The van der Waals surface area contributed by atoms with Crippen molar-refractivity contribution < 1.29 is 23.8 Å². The van der Waals surface area contributed by atoms with Gasteiger partial charge < -0.3 is 19.5 Å². The van der Waals surface area contributed by atoms with Gasteiger partial charge in [0.15, 0.2) is 0 Å². The van der Waals surface area contributed by atoms with E-state index in [2.05, 4.69) is 0 Å². The summed E-state index contributed by atoms with van der Waals surface area (Å²) in [6, 6.07) is 9.23. The zero-order chi connectivity index (χ0) is 14.5. The standard InChI is InChI=1S/C14H18FNO4/c1-19-12-8-16(7-11(15)13(12)17)14(18)20-9-10-5-3-2-4-6-10/h2-6,11-13,17H,7-9H2,1H3/t11-,12+,13-/m1/s1. The molecule has 0 radical (unpaired) electrons. The lowest BCUT2D eigenvalue weighted by Gasteiger charge is -2.36. The molecule has 6 heteroatoms. The number of alkyl halides is 1. The summed E-state index contributed by atoms with van der Waals surface area (Å²) in [7, 11) is 1.37. The molecule has 2 rings (SSSR count). The summed E-state index contributed by atoms with van der Waals surface area (Å²) >= 11 is 0. The fraction of sp³-hybridized carbons (Fsp3) is 0.500. The Morgan fingerprint density at radius 3 is 2.75 bits per heavy atom. The van der Waals surface area contributed by atoms with E-state index in [9.17, 15) is 14.3 Å². The van der Waals surface area contributed by atoms with Crippen molar-refractivity contribution in [3.8, 4) is 0 Å². The average Bonchev–Trinajstić information content (AvgIpc) is 2.48. The van der Waals surface area contributed by atoms with Crippen molar-refractivity contribution in [3.63, 3.8) is 0 Å². The molecule has 5 nitrogen and oxygen atoms in total. The van der Waals surface area contributed by atoms with E-state index in [1.165, 1.54) is 12.0 Å². The Hall–Kier alpha value is -1.66. The summed E-state index contributed by atoms with van der Waals surface area (Å²) in [5.41, 5.74) is 0.859. The first-order valence-electron chi connectivity index (χ1n) is 6.42. The minimum absolute atomic E-state index is 0.117. The van der Waals surface area contributed by atoms with E-state index in [4.69, 9.17) is 9.47 Å². The molecule has 0 aliphatic carbocycles. The van der Waals surface area contributed by atoms with Crippen LogP contribution in [-0.2, 0) is 16.1 Å². The van der Waals surface area contributed by atoms with Gasteiger partial charge in [0, 0.05) is 7.11 Å². The van der Waals surface area contributed by atoms with Crippen molar-refractivity contribution in [2.75, 3.05) is 20.2 Å². The molecule has 1 aromatic rings. The molecular weight excluding hydrogens is 265 g/mol. The number of likely N-dealkylation sites (tertiary alicyclic amines) is 1. The van der Waals surface area contributed by atoms with Crippen LogP contribution in [0, 0.1) is 0 Å². The van der Waals surface area contributed by atoms with Crippen LogP contribution in [0.2, 0.25) is 0 Å². The second-order valence-electron chi connectivity index (χ2n) is 4.73. The topological polar surface area (TPSA) is 59.0 Å². The summed E-state index contributed by atoms with van der Waals surface area (Å²) in [4.78, 5) is 13.1. The first-order valence-corrected chi connectivity index (χ1v) is 6.42. The van der Waals surface area contributed by atoms with Crippen molar-refractivity contribution in [2.45, 2.75) is 25.0 Å². The number of halogens is 1. The normalized spacial score (nSPS) is 26.4. The number of carbonyl (C=O) groups excluding carboxylic acids is 1. The van der Waals surface area contributed by atoms with Crippen LogP contribution < -0.4 is 0 Å². The largest absolute Gasteiger partial charge is 0.445 e. The van der Waals surface area contributed by atoms with E-state index in [-0.39, 0.29) is 19.7 Å². The maximum Gasteiger partial charge on any atom is 0.410 e. The molecule has 0 saturated carbocycles. The Morgan fingerprint density at radius 2 is 2.10 bits per heavy atom. The summed E-state index contributed by atoms with van der Waals surface area (Å²) in [6.07, 6.45) is -4.08. The van der Waals surface area contributed by atoms with E-state index < -0.39 is 24.5 Å². The molecule has 1 fully saturated rings. The number of aliphatic hydroxyl groups excluding tert-OH is 1. The summed E-state index contributed by atoms with van der Waals surface area (Å²) in [6.45, 7) is 0.0632. The quantitative estimate of drug-likeness (QED) is 0.910. The molecule has 0 unspecified atom stereocenters. The summed E-state index contributed by atoms with van der Waals surface area (Å²) in [5, 5.41) is 9.57. The number of hydrogen-bond acceptors (Lipinski definition) is 4. The minimum Gasteiger partial charge on any atom is -0.445 e. The number of benzene rings is 1. The molecule has 1 heterocycles. The van der Waals surface area contributed by atoms with E-state index in [0.29, 0.717) is 0 Å². The molecule has 1 N–H and O–H groups in total. The van der Waals surface area contributed by atoms with Crippen LogP contribution in [0.5, 0.6) is 0 Å².